The predicted molar refractivity (Wildman–Crippen MR) is 141 cm³/mol. The highest BCUT2D eigenvalue weighted by atomic mass is 32.2. The van der Waals surface area contributed by atoms with Crippen molar-refractivity contribution < 1.29 is 17.9 Å². The standard InChI is InChI=1S/C28H39N3O4S/c1-27(2,3)35-26(32)31-19-22-18-30(20-25(22)31)17-16-28(4,23-12-8-6-9-13-23)21-29(5)36(33,34)24-14-10-7-11-15-24/h6-15,22,25H,16-21H2,1-5H3. The van der Waals surface area contributed by atoms with Gasteiger partial charge in [-0.2, -0.15) is 0 Å². The van der Waals surface area contributed by atoms with E-state index >= 15 is 0 Å². The van der Waals surface area contributed by atoms with Crippen LogP contribution >= 0.6 is 0 Å². The predicted octanol–water partition coefficient (Wildman–Crippen LogP) is 4.21. The van der Waals surface area contributed by atoms with Gasteiger partial charge < -0.3 is 14.5 Å². The Morgan fingerprint density at radius 1 is 0.972 bits per heavy atom. The van der Waals surface area contributed by atoms with Gasteiger partial charge in [-0.15, -0.1) is 0 Å². The van der Waals surface area contributed by atoms with Gasteiger partial charge in [-0.05, 0) is 51.4 Å². The lowest BCUT2D eigenvalue weighted by atomic mass is 9.79. The SMILES string of the molecule is CN(CC(C)(CCN1CC2CN(C(=O)OC(C)(C)C)C2C1)c1ccccc1)S(=O)(=O)c1ccccc1. The summed E-state index contributed by atoms with van der Waals surface area (Å²) in [5.74, 6) is 0.474. The highest BCUT2D eigenvalue weighted by molar-refractivity contribution is 7.89. The summed E-state index contributed by atoms with van der Waals surface area (Å²) in [5.41, 5.74) is 0.256. The molecule has 2 fully saturated rings. The lowest BCUT2D eigenvalue weighted by Gasteiger charge is -2.43. The third kappa shape index (κ3) is 5.76. The van der Waals surface area contributed by atoms with E-state index in [1.807, 2.05) is 49.9 Å². The van der Waals surface area contributed by atoms with Gasteiger partial charge in [0.15, 0.2) is 0 Å². The maximum absolute atomic E-state index is 13.3. The molecule has 2 saturated heterocycles. The second-order valence-corrected chi connectivity index (χ2v) is 13.5. The molecule has 7 nitrogen and oxygen atoms in total. The van der Waals surface area contributed by atoms with Crippen LogP contribution in [0.1, 0.15) is 39.7 Å². The number of likely N-dealkylation sites (N-methyl/N-ethyl adjacent to an activating group) is 1. The Balaban J connectivity index is 1.44. The second kappa shape index (κ2) is 10.1. The molecule has 8 heteroatoms. The average Bonchev–Trinajstić information content (AvgIpc) is 3.13. The first kappa shape index (κ1) is 26.6. The van der Waals surface area contributed by atoms with Crippen molar-refractivity contribution in [2.75, 3.05) is 39.8 Å². The molecular formula is C28H39N3O4S. The second-order valence-electron chi connectivity index (χ2n) is 11.5. The Labute approximate surface area is 216 Å². The van der Waals surface area contributed by atoms with Crippen molar-refractivity contribution >= 4 is 16.1 Å². The Hall–Kier alpha value is -2.42. The maximum atomic E-state index is 13.3. The Morgan fingerprint density at radius 3 is 2.19 bits per heavy atom. The number of carbonyl (C=O) groups is 1. The van der Waals surface area contributed by atoms with E-state index in [1.54, 1.807) is 31.3 Å². The number of hydrogen-bond donors (Lipinski definition) is 0. The Bertz CT molecular complexity index is 1150. The number of hydrogen-bond acceptors (Lipinski definition) is 5. The molecule has 2 aliphatic rings. The number of nitrogens with zero attached hydrogens (tertiary/aromatic N) is 3. The molecule has 0 N–H and O–H groups in total. The molecule has 36 heavy (non-hydrogen) atoms. The molecule has 3 unspecified atom stereocenters. The molecular weight excluding hydrogens is 474 g/mol. The molecule has 1 amide bonds. The molecule has 4 rings (SSSR count). The van der Waals surface area contributed by atoms with Crippen LogP contribution in [0.15, 0.2) is 65.6 Å². The molecule has 2 aliphatic heterocycles. The topological polar surface area (TPSA) is 70.2 Å². The lowest BCUT2D eigenvalue weighted by molar-refractivity contribution is -0.0164. The van der Waals surface area contributed by atoms with Crippen LogP contribution in [0.25, 0.3) is 0 Å². The lowest BCUT2D eigenvalue weighted by Crippen LogP contribution is -2.59. The Morgan fingerprint density at radius 2 is 1.58 bits per heavy atom. The van der Waals surface area contributed by atoms with E-state index in [1.165, 1.54) is 4.31 Å². The van der Waals surface area contributed by atoms with E-state index in [0.717, 1.165) is 38.2 Å². The number of fused-ring (bicyclic) bond motifs is 1. The van der Waals surface area contributed by atoms with E-state index in [9.17, 15) is 13.2 Å². The first-order chi connectivity index (χ1) is 16.9. The summed E-state index contributed by atoms with van der Waals surface area (Å²) in [7, 11) is -1.93. The van der Waals surface area contributed by atoms with Crippen molar-refractivity contribution in [3.63, 3.8) is 0 Å². The summed E-state index contributed by atoms with van der Waals surface area (Å²) in [5, 5.41) is 0. The van der Waals surface area contributed by atoms with Crippen molar-refractivity contribution in [2.45, 2.75) is 56.1 Å². The van der Waals surface area contributed by atoms with Gasteiger partial charge in [0.25, 0.3) is 0 Å². The molecule has 3 atom stereocenters. The van der Waals surface area contributed by atoms with Crippen LogP contribution in [-0.4, -0.2) is 80.0 Å². The van der Waals surface area contributed by atoms with Crippen molar-refractivity contribution in [2.24, 2.45) is 5.92 Å². The third-order valence-electron chi connectivity index (χ3n) is 7.42. The highest BCUT2D eigenvalue weighted by Crippen LogP contribution is 2.36. The van der Waals surface area contributed by atoms with Crippen molar-refractivity contribution in [1.82, 2.24) is 14.1 Å². The number of ether oxygens (including phenoxy) is 1. The zero-order valence-corrected chi connectivity index (χ0v) is 22.9. The minimum absolute atomic E-state index is 0.198. The average molecular weight is 514 g/mol. The molecule has 0 bridgehead atoms. The normalized spacial score (nSPS) is 22.1. The van der Waals surface area contributed by atoms with Crippen molar-refractivity contribution in [3.05, 3.63) is 66.2 Å². The zero-order valence-electron chi connectivity index (χ0n) is 22.1. The summed E-state index contributed by atoms with van der Waals surface area (Å²) >= 11 is 0. The Kier molecular flexibility index (Phi) is 7.51. The molecule has 196 valence electrons. The van der Waals surface area contributed by atoms with Gasteiger partial charge in [-0.1, -0.05) is 55.5 Å². The third-order valence-corrected chi connectivity index (χ3v) is 9.23. The number of sulfonamides is 1. The quantitative estimate of drug-likeness (QED) is 0.529. The van der Waals surface area contributed by atoms with Gasteiger partial charge in [-0.25, -0.2) is 17.5 Å². The van der Waals surface area contributed by atoms with E-state index in [0.29, 0.717) is 17.4 Å². The summed E-state index contributed by atoms with van der Waals surface area (Å²) in [6, 6.07) is 19.0. The largest absolute Gasteiger partial charge is 0.444 e. The van der Waals surface area contributed by atoms with E-state index in [4.69, 9.17) is 4.74 Å². The summed E-state index contributed by atoms with van der Waals surface area (Å²) in [6.07, 6.45) is 0.574. The van der Waals surface area contributed by atoms with Gasteiger partial charge in [0.1, 0.15) is 5.60 Å². The number of rotatable bonds is 8. The summed E-state index contributed by atoms with van der Waals surface area (Å²) in [4.78, 5) is 17.1. The van der Waals surface area contributed by atoms with Crippen LogP contribution < -0.4 is 0 Å². The first-order valence-electron chi connectivity index (χ1n) is 12.7. The van der Waals surface area contributed by atoms with E-state index < -0.39 is 15.6 Å². The molecule has 0 radical (unpaired) electrons. The number of carbonyl (C=O) groups excluding carboxylic acids is 1. The van der Waals surface area contributed by atoms with Crippen LogP contribution in [0.2, 0.25) is 0 Å². The van der Waals surface area contributed by atoms with Gasteiger partial charge in [0.2, 0.25) is 10.0 Å². The monoisotopic (exact) mass is 513 g/mol. The van der Waals surface area contributed by atoms with Crippen molar-refractivity contribution in [3.8, 4) is 0 Å². The first-order valence-corrected chi connectivity index (χ1v) is 14.1. The fraction of sp³-hybridized carbons (Fsp3) is 0.536. The highest BCUT2D eigenvalue weighted by Gasteiger charge is 2.49. The van der Waals surface area contributed by atoms with Crippen molar-refractivity contribution in [1.29, 1.82) is 0 Å². The molecule has 0 saturated carbocycles. The van der Waals surface area contributed by atoms with Gasteiger partial charge in [-0.3, -0.25) is 0 Å². The van der Waals surface area contributed by atoms with Crippen LogP contribution in [-0.2, 0) is 20.2 Å². The molecule has 0 aliphatic carbocycles. The fourth-order valence-corrected chi connectivity index (χ4v) is 6.66. The summed E-state index contributed by atoms with van der Waals surface area (Å²) < 4.78 is 33.6. The molecule has 0 aromatic heterocycles. The van der Waals surface area contributed by atoms with Crippen LogP contribution in [0.4, 0.5) is 4.79 Å². The van der Waals surface area contributed by atoms with E-state index in [2.05, 4.69) is 24.0 Å². The van der Waals surface area contributed by atoms with Crippen LogP contribution in [0.3, 0.4) is 0 Å². The van der Waals surface area contributed by atoms with Crippen LogP contribution in [0, 0.1) is 5.92 Å². The fourth-order valence-electron chi connectivity index (χ4n) is 5.35. The molecule has 2 aromatic rings. The number of amides is 1. The maximum Gasteiger partial charge on any atom is 0.410 e. The van der Waals surface area contributed by atoms with Gasteiger partial charge in [0, 0.05) is 44.6 Å². The minimum atomic E-state index is -3.60. The molecule has 2 aromatic carbocycles. The van der Waals surface area contributed by atoms with Gasteiger partial charge >= 0.3 is 6.09 Å². The molecule has 0 spiro atoms. The number of benzene rings is 2. The zero-order chi connectivity index (χ0) is 26.1. The van der Waals surface area contributed by atoms with Crippen LogP contribution in [0.5, 0.6) is 0 Å². The number of likely N-dealkylation sites (tertiary alicyclic amines) is 2. The molecule has 2 heterocycles. The summed E-state index contributed by atoms with van der Waals surface area (Å²) in [6.45, 7) is 11.5. The van der Waals surface area contributed by atoms with Gasteiger partial charge in [0.05, 0.1) is 10.9 Å². The minimum Gasteiger partial charge on any atom is -0.444 e. The smallest absolute Gasteiger partial charge is 0.410 e. The van der Waals surface area contributed by atoms with E-state index in [-0.39, 0.29) is 17.6 Å².